The molecule has 5 aliphatic rings. The molecule has 18 atom stereocenters. The molecule has 0 aliphatic carbocycles. The van der Waals surface area contributed by atoms with Gasteiger partial charge in [-0.25, -0.2) is 4.98 Å². The molecule has 0 aromatic carbocycles. The van der Waals surface area contributed by atoms with Gasteiger partial charge in [0.2, 0.25) is 0 Å². The molecule has 0 amide bonds. The van der Waals surface area contributed by atoms with Crippen molar-refractivity contribution in [1.29, 1.82) is 0 Å². The summed E-state index contributed by atoms with van der Waals surface area (Å²) in [4.78, 5) is 29.6. The number of rotatable bonds is 11. The summed E-state index contributed by atoms with van der Waals surface area (Å²) in [5.41, 5.74) is 11.5. The molecule has 0 radical (unpaired) electrons. The van der Waals surface area contributed by atoms with E-state index in [1.165, 1.54) is 0 Å². The summed E-state index contributed by atoms with van der Waals surface area (Å²) in [7, 11) is 5.56. The summed E-state index contributed by atoms with van der Waals surface area (Å²) in [6, 6.07) is 8.99. The summed E-state index contributed by atoms with van der Waals surface area (Å²) in [6.07, 6.45) is -1.50. The molecule has 2 bridgehead atoms. The van der Waals surface area contributed by atoms with E-state index in [2.05, 4.69) is 38.0 Å². The third-order valence-corrected chi connectivity index (χ3v) is 17.2. The van der Waals surface area contributed by atoms with Crippen molar-refractivity contribution < 1.29 is 48.3 Å². The zero-order valence-electron chi connectivity index (χ0n) is 43.7. The molecular weight excluding hydrogens is 901 g/mol. The van der Waals surface area contributed by atoms with E-state index in [-0.39, 0.29) is 36.6 Å². The van der Waals surface area contributed by atoms with E-state index in [4.69, 9.17) is 49.9 Å². The Morgan fingerprint density at radius 2 is 1.77 bits per heavy atom. The van der Waals surface area contributed by atoms with Crippen LogP contribution in [0.2, 0.25) is 0 Å². The lowest BCUT2D eigenvalue weighted by molar-refractivity contribution is -0.305. The Bertz CT molecular complexity index is 2010. The van der Waals surface area contributed by atoms with Crippen LogP contribution in [0.3, 0.4) is 0 Å². The smallest absolute Gasteiger partial charge is 0.311 e. The number of oxime groups is 1. The Morgan fingerprint density at radius 3 is 2.45 bits per heavy atom. The molecule has 17 heteroatoms. The highest BCUT2D eigenvalue weighted by molar-refractivity contribution is 7.15. The number of aromatic nitrogens is 1. The van der Waals surface area contributed by atoms with Crippen LogP contribution in [0.25, 0.3) is 10.6 Å². The second-order valence-corrected chi connectivity index (χ2v) is 23.1. The fourth-order valence-electron chi connectivity index (χ4n) is 11.8. The SMILES string of the molecule is CC[C@H]1OC(=O)[C@H](C)[C@@H](O[C@H]2C[C@@](C)(OC)[C@H](N)[C@H](C)O2)[C@H](C)[C@@H](O[C@@H]2O[C@H](C)C[C@H](N(C)C)[C@H]2O)[C@]2(C)CC/C(=N/OCc3ccc(-c4cccc(N)n4)s3)CC[C@H]([C@@H](C)CN[C@H](C)C2)[C@]1(C)O. The van der Waals surface area contributed by atoms with E-state index in [0.29, 0.717) is 63.7 Å². The zero-order chi connectivity index (χ0) is 50.6. The minimum Gasteiger partial charge on any atom is -0.459 e. The maximum atomic E-state index is 14.9. The van der Waals surface area contributed by atoms with Crippen LogP contribution in [0.5, 0.6) is 0 Å². The molecule has 2 aromatic rings. The lowest BCUT2D eigenvalue weighted by Crippen LogP contribution is -2.61. The lowest BCUT2D eigenvalue weighted by atomic mass is 9.68. The molecule has 5 aliphatic heterocycles. The first-order valence-corrected chi connectivity index (χ1v) is 26.2. The van der Waals surface area contributed by atoms with Gasteiger partial charge < -0.3 is 65.2 Å². The molecule has 0 saturated carbocycles. The number of nitrogens with zero attached hydrogens (tertiary/aromatic N) is 3. The number of ether oxygens (including phenoxy) is 6. The molecule has 2 aromatic heterocycles. The number of aliphatic hydroxyl groups excluding tert-OH is 1. The Kier molecular flexibility index (Phi) is 18.8. The van der Waals surface area contributed by atoms with Crippen molar-refractivity contribution in [2.45, 2.75) is 206 Å². The van der Waals surface area contributed by atoms with E-state index >= 15 is 0 Å². The van der Waals surface area contributed by atoms with Crippen molar-refractivity contribution in [3.8, 4) is 10.6 Å². The van der Waals surface area contributed by atoms with E-state index < -0.39 is 83.6 Å². The van der Waals surface area contributed by atoms with Gasteiger partial charge in [-0.2, -0.15) is 0 Å². The van der Waals surface area contributed by atoms with Gasteiger partial charge in [-0.3, -0.25) is 4.79 Å². The number of likely N-dealkylation sites (N-methyl/N-ethyl adjacent to an activating group) is 1. The fraction of sp³-hybridized carbons (Fsp3) is 0.788. The normalized spacial score (nSPS) is 41.7. The number of nitrogens with one attached hydrogen (secondary N) is 1. The third-order valence-electron chi connectivity index (χ3n) is 16.1. The highest BCUT2D eigenvalue weighted by Gasteiger charge is 2.53. The highest BCUT2D eigenvalue weighted by atomic mass is 32.1. The van der Waals surface area contributed by atoms with Crippen LogP contribution in [0.1, 0.15) is 125 Å². The Hall–Kier alpha value is -2.81. The summed E-state index contributed by atoms with van der Waals surface area (Å²) in [5.74, 6) is -1.73. The van der Waals surface area contributed by atoms with Crippen LogP contribution in [-0.2, 0) is 44.7 Å². The molecule has 5 saturated heterocycles. The average Bonchev–Trinajstić information content (AvgIpc) is 3.77. The Balaban J connectivity index is 1.46. The minimum absolute atomic E-state index is 0.0151. The first-order chi connectivity index (χ1) is 32.5. The van der Waals surface area contributed by atoms with Crippen molar-refractivity contribution in [2.75, 3.05) is 33.5 Å². The largest absolute Gasteiger partial charge is 0.459 e. The van der Waals surface area contributed by atoms with E-state index in [0.717, 1.165) is 21.2 Å². The number of hydrogen-bond donors (Lipinski definition) is 5. The van der Waals surface area contributed by atoms with Gasteiger partial charge in [0.05, 0.1) is 58.3 Å². The van der Waals surface area contributed by atoms with Gasteiger partial charge in [0.1, 0.15) is 23.6 Å². The van der Waals surface area contributed by atoms with Crippen molar-refractivity contribution in [3.05, 3.63) is 35.2 Å². The Labute approximate surface area is 415 Å². The number of esters is 1. The van der Waals surface area contributed by atoms with E-state index in [1.54, 1.807) is 24.5 Å². The number of methoxy groups -OCH3 is 1. The van der Waals surface area contributed by atoms with Crippen LogP contribution < -0.4 is 16.8 Å². The van der Waals surface area contributed by atoms with Gasteiger partial charge in [0, 0.05) is 36.4 Å². The van der Waals surface area contributed by atoms with Crippen molar-refractivity contribution in [2.24, 2.45) is 40.0 Å². The van der Waals surface area contributed by atoms with Gasteiger partial charge in [-0.15, -0.1) is 11.3 Å². The monoisotopic (exact) mass is 987 g/mol. The van der Waals surface area contributed by atoms with Crippen molar-refractivity contribution >= 4 is 28.8 Å². The summed E-state index contributed by atoms with van der Waals surface area (Å²) >= 11 is 1.58. The molecule has 7 N–H and O–H groups in total. The average molecular weight is 987 g/mol. The van der Waals surface area contributed by atoms with Gasteiger partial charge in [-0.05, 0) is 149 Å². The number of carbonyl (C=O) groups is 1. The first-order valence-electron chi connectivity index (χ1n) is 25.4. The van der Waals surface area contributed by atoms with Crippen LogP contribution in [0, 0.1) is 29.1 Å². The van der Waals surface area contributed by atoms with Crippen LogP contribution in [-0.4, -0.2) is 138 Å². The third kappa shape index (κ3) is 13.1. The number of anilines is 1. The number of carbonyl (C=O) groups excluding carboxylic acids is 1. The quantitative estimate of drug-likeness (QED) is 0.115. The molecule has 16 nitrogen and oxygen atoms in total. The van der Waals surface area contributed by atoms with E-state index in [1.807, 2.05) is 84.8 Å². The number of pyridine rings is 1. The molecule has 69 heavy (non-hydrogen) atoms. The van der Waals surface area contributed by atoms with Gasteiger partial charge in [0.25, 0.3) is 0 Å². The fourth-order valence-corrected chi connectivity index (χ4v) is 12.7. The van der Waals surface area contributed by atoms with Crippen molar-refractivity contribution in [1.82, 2.24) is 15.2 Å². The lowest BCUT2D eigenvalue weighted by Gasteiger charge is -2.50. The number of fused-ring (bicyclic) bond motifs is 15. The number of hydrogen-bond acceptors (Lipinski definition) is 17. The molecule has 5 fully saturated rings. The predicted octanol–water partition coefficient (Wildman–Crippen LogP) is 6.89. The number of nitrogens with two attached hydrogens (primary N) is 2. The maximum absolute atomic E-state index is 14.9. The molecule has 0 spiro atoms. The van der Waals surface area contributed by atoms with Gasteiger partial charge >= 0.3 is 5.97 Å². The second-order valence-electron chi connectivity index (χ2n) is 21.9. The van der Waals surface area contributed by atoms with Gasteiger partial charge in [0.15, 0.2) is 19.2 Å². The Morgan fingerprint density at radius 1 is 1.03 bits per heavy atom. The van der Waals surface area contributed by atoms with E-state index in [9.17, 15) is 15.0 Å². The molecular formula is C52H86N6O10S. The number of thiophene rings is 1. The molecule has 390 valence electrons. The summed E-state index contributed by atoms with van der Waals surface area (Å²) in [5, 5.41) is 33.6. The molecule has 7 rings (SSSR count). The minimum atomic E-state index is -1.42. The maximum Gasteiger partial charge on any atom is 0.311 e. The summed E-state index contributed by atoms with van der Waals surface area (Å²) < 4.78 is 40.0. The second kappa shape index (κ2) is 23.4. The highest BCUT2D eigenvalue weighted by Crippen LogP contribution is 2.46. The standard InChI is InChI=1S/C52H86N6O10S/c1-14-41-52(10,61)37-20-18-35(57-63-28-36-19-21-40(69-36)38-16-15-17-42(53)56-38)22-23-50(8,25-30(3)55-27-29(37)2)47(68-49-44(59)39(58(11)12)24-31(4)64-49)32(5)45(33(6)48(60)66-41)67-43-26-51(9,62-13)46(54)34(7)65-43/h15-17,19,21,29-34,37,39,41,43-47,49,55,59,61H,14,18,20,22-28,54H2,1-13H3,(H2,53,56)/b57-35+/t29-,30+,31+,32-,33+,34-,37+,39-,41+,43-,44+,45-,46+,47+,49-,50+,51+,52-/m0/s1. The zero-order valence-corrected chi connectivity index (χ0v) is 44.5. The molecule has 7 heterocycles. The summed E-state index contributed by atoms with van der Waals surface area (Å²) in [6.45, 7) is 21.0. The molecule has 0 unspecified atom stereocenters. The van der Waals surface area contributed by atoms with Crippen LogP contribution in [0.15, 0.2) is 35.5 Å². The topological polar surface area (TPSA) is 215 Å². The van der Waals surface area contributed by atoms with Crippen molar-refractivity contribution in [3.63, 3.8) is 0 Å². The van der Waals surface area contributed by atoms with Crippen LogP contribution in [0.4, 0.5) is 5.82 Å². The number of aliphatic hydroxyl groups is 2. The van der Waals surface area contributed by atoms with Crippen LogP contribution >= 0.6 is 11.3 Å². The van der Waals surface area contributed by atoms with Gasteiger partial charge in [-0.1, -0.05) is 38.9 Å². The number of nitrogen functional groups attached to an aromatic ring is 1. The predicted molar refractivity (Wildman–Crippen MR) is 269 cm³/mol. The first kappa shape index (κ1) is 55.5.